The Balaban J connectivity index is 0.000000161. The summed E-state index contributed by atoms with van der Waals surface area (Å²) in [6.45, 7) is 4.58. The molecule has 4 saturated heterocycles. The Morgan fingerprint density at radius 3 is 2.30 bits per heavy atom. The van der Waals surface area contributed by atoms with Crippen LogP contribution in [0.5, 0.6) is 0 Å². The molecule has 0 saturated carbocycles. The number of H-pyrrole nitrogens is 1. The van der Waals surface area contributed by atoms with Crippen LogP contribution in [0.25, 0.3) is 21.3 Å². The Morgan fingerprint density at radius 2 is 1.62 bits per heavy atom. The van der Waals surface area contributed by atoms with Gasteiger partial charge in [0, 0.05) is 24.2 Å². The number of piperidine rings is 4. The number of hydrogen-bond donors (Lipinski definition) is 3. The molecule has 8 atom stereocenters. The van der Waals surface area contributed by atoms with E-state index in [1.165, 1.54) is 0 Å². The molecule has 0 amide bonds. The van der Waals surface area contributed by atoms with Crippen molar-refractivity contribution in [3.8, 4) is 0 Å². The van der Waals surface area contributed by atoms with Crippen LogP contribution in [0.1, 0.15) is 64.2 Å². The molecule has 0 aromatic carbocycles. The molecular formula is C34H48FeN10O2-. The van der Waals surface area contributed by atoms with Gasteiger partial charge in [0.2, 0.25) is 0 Å². The first kappa shape index (κ1) is 34.7. The molecule has 47 heavy (non-hydrogen) atoms. The summed E-state index contributed by atoms with van der Waals surface area (Å²) >= 11 is 0. The number of aromatic nitrogens is 1. The molecule has 7 aliphatic heterocycles. The molecule has 0 aliphatic carbocycles. The van der Waals surface area contributed by atoms with Crippen LogP contribution in [0.2, 0.25) is 0 Å². The first-order valence-corrected chi connectivity index (χ1v) is 17.5. The van der Waals surface area contributed by atoms with E-state index in [0.29, 0.717) is 5.71 Å². The maximum atomic E-state index is 14.0. The maximum absolute atomic E-state index is 14.0. The summed E-state index contributed by atoms with van der Waals surface area (Å²) in [5.41, 5.74) is -0.0881. The van der Waals surface area contributed by atoms with E-state index >= 15 is 0 Å². The molecule has 13 heteroatoms. The van der Waals surface area contributed by atoms with Crippen LogP contribution in [0.15, 0.2) is 52.9 Å². The normalized spacial score (nSPS) is 38.0. The zero-order valence-electron chi connectivity index (χ0n) is 27.0. The minimum absolute atomic E-state index is 0. The van der Waals surface area contributed by atoms with Crippen molar-refractivity contribution in [2.24, 2.45) is 9.98 Å². The Bertz CT molecular complexity index is 1320. The molecule has 8 heterocycles. The number of fused-ring (bicyclic) bond motifs is 2. The van der Waals surface area contributed by atoms with Crippen LogP contribution < -0.4 is 31.1 Å². The third-order valence-electron chi connectivity index (χ3n) is 10.4. The van der Waals surface area contributed by atoms with E-state index in [1.54, 1.807) is 18.6 Å². The second-order valence-electron chi connectivity index (χ2n) is 13.5. The zero-order valence-corrected chi connectivity index (χ0v) is 28.1. The van der Waals surface area contributed by atoms with Crippen molar-refractivity contribution >= 4 is 22.8 Å². The van der Waals surface area contributed by atoms with E-state index in [1.807, 2.05) is 24.3 Å². The minimum Gasteiger partial charge on any atom is -0.835 e. The molecule has 7 aliphatic rings. The largest absolute Gasteiger partial charge is 3.00 e. The van der Waals surface area contributed by atoms with E-state index in [4.69, 9.17) is 20.6 Å². The molecule has 4 fully saturated rings. The van der Waals surface area contributed by atoms with Crippen LogP contribution in [0, 0.1) is 0 Å². The van der Waals surface area contributed by atoms with E-state index in [9.17, 15) is 10.2 Å². The Morgan fingerprint density at radius 1 is 0.872 bits per heavy atom. The number of quaternary nitrogens is 1. The molecule has 12 nitrogen and oxygen atoms in total. The fourth-order valence-electron chi connectivity index (χ4n) is 7.92. The summed E-state index contributed by atoms with van der Waals surface area (Å²) in [4.78, 5) is 12.7. The van der Waals surface area contributed by atoms with Gasteiger partial charge in [0.1, 0.15) is 11.7 Å². The van der Waals surface area contributed by atoms with E-state index in [0.717, 1.165) is 114 Å². The number of nitrogens with zero attached hydrogens (tertiary/aromatic N) is 6. The molecule has 8 rings (SSSR count). The summed E-state index contributed by atoms with van der Waals surface area (Å²) in [5, 5.41) is 55.2. The Labute approximate surface area is 289 Å². The van der Waals surface area contributed by atoms with Crippen LogP contribution in [-0.2, 0) is 17.1 Å². The van der Waals surface area contributed by atoms with E-state index in [-0.39, 0.29) is 47.3 Å². The standard InChI is InChI=1S/C17H28N5O.C17H18N5O.Fe/c2*23-17(15-6-2-4-9-20-15)16(13-5-1-3-8-19-13)21-14-11-18-10-7-12(14)22-17;/h12-15,18,22H,1-11H2;2,4,6-7,9-11,13,15,22H,1,3,5,8H2;/q2*-3;+3/p+2. The van der Waals surface area contributed by atoms with Crippen molar-refractivity contribution in [2.45, 2.75) is 112 Å². The number of nitrogens with one attached hydrogen (secondary N) is 3. The van der Waals surface area contributed by atoms with Gasteiger partial charge in [-0.15, -0.1) is 25.7 Å². The van der Waals surface area contributed by atoms with Gasteiger partial charge in [-0.1, -0.05) is 94.1 Å². The molecular weight excluding hydrogens is 636 g/mol. The monoisotopic (exact) mass is 684 g/mol. The third kappa shape index (κ3) is 7.39. The van der Waals surface area contributed by atoms with Crippen molar-refractivity contribution < 1.29 is 37.6 Å². The molecule has 0 bridgehead atoms. The topological polar surface area (TPSA) is 182 Å². The smallest absolute Gasteiger partial charge is 0.835 e. The fourth-order valence-corrected chi connectivity index (χ4v) is 7.92. The van der Waals surface area contributed by atoms with Crippen LogP contribution in [0.3, 0.4) is 0 Å². The van der Waals surface area contributed by atoms with Crippen LogP contribution in [0.4, 0.5) is 11.4 Å². The summed E-state index contributed by atoms with van der Waals surface area (Å²) in [6, 6.07) is 1.50. The number of allylic oxidation sites excluding steroid dienone is 2. The van der Waals surface area contributed by atoms with Crippen molar-refractivity contribution in [3.63, 3.8) is 0 Å². The molecule has 8 unspecified atom stereocenters. The quantitative estimate of drug-likeness (QED) is 0.406. The molecule has 5 N–H and O–H groups in total. The minimum atomic E-state index is -1.60. The molecule has 255 valence electrons. The molecule has 1 aromatic rings. The van der Waals surface area contributed by atoms with E-state index < -0.39 is 17.5 Å². The first-order chi connectivity index (χ1) is 22.5. The van der Waals surface area contributed by atoms with Gasteiger partial charge in [-0.2, -0.15) is 6.20 Å². The summed E-state index contributed by atoms with van der Waals surface area (Å²) < 4.78 is 0. The second-order valence-corrected chi connectivity index (χ2v) is 13.5. The van der Waals surface area contributed by atoms with Crippen molar-refractivity contribution in [1.29, 1.82) is 0 Å². The van der Waals surface area contributed by atoms with Crippen LogP contribution >= 0.6 is 0 Å². The first-order valence-electron chi connectivity index (χ1n) is 17.5. The number of rotatable bonds is 4. The van der Waals surface area contributed by atoms with Crippen molar-refractivity contribution in [3.05, 3.63) is 64.2 Å². The molecule has 0 spiro atoms. The Hall–Kier alpha value is -2.19. The number of nitrogens with two attached hydrogens (primary N) is 1. The van der Waals surface area contributed by atoms with Gasteiger partial charge in [-0.25, -0.2) is 9.98 Å². The summed E-state index contributed by atoms with van der Waals surface area (Å²) in [6.07, 6.45) is 21.3. The van der Waals surface area contributed by atoms with Gasteiger partial charge in [-0.05, 0) is 17.2 Å². The number of anilines is 1. The predicted molar refractivity (Wildman–Crippen MR) is 177 cm³/mol. The molecule has 1 aromatic heterocycles. The van der Waals surface area contributed by atoms with Gasteiger partial charge in [0.25, 0.3) is 0 Å². The number of hydrogen-bond acceptors (Lipinski definition) is 6. The number of aliphatic imine (C=N–C) groups is 2. The van der Waals surface area contributed by atoms with Gasteiger partial charge in [0.15, 0.2) is 12.4 Å². The predicted octanol–water partition coefficient (Wildman–Crippen LogP) is 1.45. The average molecular weight is 685 g/mol. The van der Waals surface area contributed by atoms with Gasteiger partial charge in [-0.3, -0.25) is 4.99 Å². The van der Waals surface area contributed by atoms with Crippen molar-refractivity contribution in [1.82, 2.24) is 5.32 Å². The maximum Gasteiger partial charge on any atom is 3.00 e. The third-order valence-corrected chi connectivity index (χ3v) is 10.4. The average Bonchev–Trinajstić information content (AvgIpc) is 3.13. The van der Waals surface area contributed by atoms with Crippen molar-refractivity contribution in [2.75, 3.05) is 38.0 Å². The second kappa shape index (κ2) is 15.6. The molecule has 1 radical (unpaired) electrons. The van der Waals surface area contributed by atoms with Gasteiger partial charge in [0.05, 0.1) is 18.8 Å². The Kier molecular flexibility index (Phi) is 11.5. The number of aromatic amines is 1. The number of pyridine rings is 1. The van der Waals surface area contributed by atoms with Crippen LogP contribution in [-0.4, -0.2) is 91.8 Å². The summed E-state index contributed by atoms with van der Waals surface area (Å²) in [5.74, 6) is 0. The summed E-state index contributed by atoms with van der Waals surface area (Å²) in [7, 11) is 0. The van der Waals surface area contributed by atoms with Gasteiger partial charge < -0.3 is 47.4 Å². The fraction of sp³-hybridized carbons (Fsp3) is 0.676. The SMILES string of the molecule is [Fe+3].[O-]C1(C2C=CC=C[N-]2)Nc2cc[nH+]cc2N=C1C1CCCC[N-]1.[O-]C1(C2CCCC[N-]2)NC2CC[NH2+]CC2N=C1C1CCCC[N-]1. The van der Waals surface area contributed by atoms with Gasteiger partial charge >= 0.3 is 17.1 Å². The zero-order chi connectivity index (χ0) is 31.4. The van der Waals surface area contributed by atoms with E-state index in [2.05, 4.69) is 31.6 Å².